The van der Waals surface area contributed by atoms with Crippen LogP contribution in [0.3, 0.4) is 0 Å². The lowest BCUT2D eigenvalue weighted by molar-refractivity contribution is -0.138. The Morgan fingerprint density at radius 1 is 1.14 bits per heavy atom. The van der Waals surface area contributed by atoms with E-state index in [9.17, 15) is 4.79 Å². The van der Waals surface area contributed by atoms with Gasteiger partial charge in [0.25, 0.3) is 0 Å². The van der Waals surface area contributed by atoms with Gasteiger partial charge in [0, 0.05) is 32.7 Å². The standard InChI is InChI=1S/C28H37N3O4S/c32-26(33)10-18-34-17-9-23-5-3-4-22(20-23)8-13-30-14-11-28(12-15-30)21-31(16-19-35-28)27-24-6-1-2-7-25(24)36-29-27/h1-7,20,24-25H,8-19,21H2,(H,32,33). The monoisotopic (exact) mass is 511 g/mol. The van der Waals surface area contributed by atoms with Crippen LogP contribution in [-0.4, -0.2) is 90.1 Å². The summed E-state index contributed by atoms with van der Waals surface area (Å²) in [6.45, 7) is 6.71. The third-order valence-corrected chi connectivity index (χ3v) is 8.68. The molecule has 194 valence electrons. The van der Waals surface area contributed by atoms with E-state index in [4.69, 9.17) is 19.0 Å². The van der Waals surface area contributed by atoms with E-state index in [0.717, 1.165) is 65.0 Å². The summed E-state index contributed by atoms with van der Waals surface area (Å²) in [5, 5.41) is 9.15. The Labute approximate surface area is 218 Å². The van der Waals surface area contributed by atoms with Crippen molar-refractivity contribution in [2.45, 2.75) is 43.0 Å². The number of fused-ring (bicyclic) bond motifs is 1. The molecule has 3 heterocycles. The van der Waals surface area contributed by atoms with E-state index in [1.54, 1.807) is 11.9 Å². The number of carboxylic acids is 1. The normalized spacial score (nSPS) is 25.2. The Balaban J connectivity index is 1.06. The smallest absolute Gasteiger partial charge is 0.305 e. The third-order valence-electron chi connectivity index (χ3n) is 7.69. The molecule has 3 aliphatic heterocycles. The van der Waals surface area contributed by atoms with Gasteiger partial charge in [0.15, 0.2) is 0 Å². The van der Waals surface area contributed by atoms with Crippen LogP contribution in [-0.2, 0) is 27.1 Å². The molecule has 1 N–H and O–H groups in total. The van der Waals surface area contributed by atoms with Crippen LogP contribution in [0, 0.1) is 5.92 Å². The molecular formula is C28H37N3O4S. The molecule has 1 aliphatic carbocycles. The van der Waals surface area contributed by atoms with E-state index in [1.165, 1.54) is 17.0 Å². The maximum Gasteiger partial charge on any atom is 0.305 e. The van der Waals surface area contributed by atoms with Crippen molar-refractivity contribution in [3.63, 3.8) is 0 Å². The maximum absolute atomic E-state index is 10.6. The third kappa shape index (κ3) is 6.40. The summed E-state index contributed by atoms with van der Waals surface area (Å²) in [7, 11) is 0. The lowest BCUT2D eigenvalue weighted by atomic mass is 9.88. The van der Waals surface area contributed by atoms with Crippen molar-refractivity contribution in [3.8, 4) is 0 Å². The summed E-state index contributed by atoms with van der Waals surface area (Å²) in [5.41, 5.74) is 2.54. The highest BCUT2D eigenvalue weighted by molar-refractivity contribution is 7.99. The van der Waals surface area contributed by atoms with Gasteiger partial charge in [-0.1, -0.05) is 48.6 Å². The molecule has 2 fully saturated rings. The van der Waals surface area contributed by atoms with Crippen molar-refractivity contribution in [1.29, 1.82) is 0 Å². The molecule has 8 heteroatoms. The highest BCUT2D eigenvalue weighted by Crippen LogP contribution is 2.38. The van der Waals surface area contributed by atoms with Crippen LogP contribution in [0.4, 0.5) is 0 Å². The molecule has 2 saturated heterocycles. The number of ether oxygens (including phenoxy) is 2. The molecule has 2 unspecified atom stereocenters. The van der Waals surface area contributed by atoms with Crippen molar-refractivity contribution < 1.29 is 19.4 Å². The SMILES string of the molecule is O=C(O)CCOCCc1cccc(CCN2CCC3(CC2)CN(C2=NSC4C=CC=CC24)CCO3)c1. The van der Waals surface area contributed by atoms with Gasteiger partial charge in [-0.3, -0.25) is 4.79 Å². The first-order valence-corrected chi connectivity index (χ1v) is 14.0. The van der Waals surface area contributed by atoms with Gasteiger partial charge in [-0.25, -0.2) is 4.40 Å². The summed E-state index contributed by atoms with van der Waals surface area (Å²) in [6, 6.07) is 8.69. The molecule has 0 aromatic heterocycles. The summed E-state index contributed by atoms with van der Waals surface area (Å²) in [6.07, 6.45) is 12.9. The van der Waals surface area contributed by atoms with Crippen LogP contribution in [0.2, 0.25) is 0 Å². The Kier molecular flexibility index (Phi) is 8.47. The van der Waals surface area contributed by atoms with Crippen LogP contribution in [0.1, 0.15) is 30.4 Å². The molecule has 36 heavy (non-hydrogen) atoms. The van der Waals surface area contributed by atoms with Gasteiger partial charge in [-0.15, -0.1) is 0 Å². The molecule has 0 saturated carbocycles. The van der Waals surface area contributed by atoms with E-state index >= 15 is 0 Å². The lowest BCUT2D eigenvalue weighted by Gasteiger charge is -2.48. The Bertz CT molecular complexity index is 1000. The number of hydrogen-bond donors (Lipinski definition) is 1. The zero-order valence-electron chi connectivity index (χ0n) is 20.9. The molecule has 1 aromatic rings. The number of morpholine rings is 1. The van der Waals surface area contributed by atoms with Crippen molar-refractivity contribution in [2.75, 3.05) is 52.5 Å². The van der Waals surface area contributed by atoms with Gasteiger partial charge in [-0.05, 0) is 48.8 Å². The zero-order valence-corrected chi connectivity index (χ0v) is 21.7. The number of benzene rings is 1. The number of piperidine rings is 1. The van der Waals surface area contributed by atoms with Crippen molar-refractivity contribution in [1.82, 2.24) is 9.80 Å². The van der Waals surface area contributed by atoms with Gasteiger partial charge >= 0.3 is 5.97 Å². The van der Waals surface area contributed by atoms with Gasteiger partial charge in [-0.2, -0.15) is 0 Å². The van der Waals surface area contributed by atoms with Crippen LogP contribution >= 0.6 is 11.9 Å². The molecule has 1 spiro atoms. The summed E-state index contributed by atoms with van der Waals surface area (Å²) in [4.78, 5) is 15.6. The van der Waals surface area contributed by atoms with E-state index in [1.807, 2.05) is 0 Å². The number of nitrogens with zero attached hydrogens (tertiary/aromatic N) is 3. The van der Waals surface area contributed by atoms with E-state index in [0.29, 0.717) is 17.8 Å². The number of carboxylic acid groups (broad SMARTS) is 1. The second-order valence-corrected chi connectivity index (χ2v) is 11.1. The summed E-state index contributed by atoms with van der Waals surface area (Å²) in [5.74, 6) is 0.827. The first-order valence-electron chi connectivity index (χ1n) is 13.2. The topological polar surface area (TPSA) is 74.6 Å². The Hall–Kier alpha value is -2.13. The van der Waals surface area contributed by atoms with Crippen LogP contribution in [0.5, 0.6) is 0 Å². The predicted octanol–water partition coefficient (Wildman–Crippen LogP) is 3.60. The molecule has 1 aromatic carbocycles. The number of hydrogen-bond acceptors (Lipinski definition) is 7. The molecule has 2 atom stereocenters. The number of aliphatic carboxylic acids is 1. The average Bonchev–Trinajstić information content (AvgIpc) is 3.33. The van der Waals surface area contributed by atoms with Crippen molar-refractivity contribution in [2.24, 2.45) is 10.3 Å². The zero-order chi connectivity index (χ0) is 24.8. The first-order chi connectivity index (χ1) is 17.6. The summed E-state index contributed by atoms with van der Waals surface area (Å²) < 4.78 is 16.7. The van der Waals surface area contributed by atoms with Crippen molar-refractivity contribution >= 4 is 23.8 Å². The first kappa shape index (κ1) is 25.5. The fourth-order valence-corrected chi connectivity index (χ4v) is 6.54. The van der Waals surface area contributed by atoms with Gasteiger partial charge in [0.05, 0.1) is 43.0 Å². The molecule has 7 nitrogen and oxygen atoms in total. The minimum absolute atomic E-state index is 0.0468. The van der Waals surface area contributed by atoms with Gasteiger partial charge in [0.2, 0.25) is 0 Å². The Morgan fingerprint density at radius 2 is 1.94 bits per heavy atom. The number of carbonyl (C=O) groups is 1. The van der Waals surface area contributed by atoms with Crippen molar-refractivity contribution in [3.05, 3.63) is 59.7 Å². The molecular weight excluding hydrogens is 474 g/mol. The van der Waals surface area contributed by atoms with Crippen LogP contribution in [0.25, 0.3) is 0 Å². The highest BCUT2D eigenvalue weighted by Gasteiger charge is 2.43. The number of likely N-dealkylation sites (tertiary alicyclic amines) is 1. The fraction of sp³-hybridized carbons (Fsp3) is 0.571. The lowest BCUT2D eigenvalue weighted by Crippen LogP contribution is -2.58. The van der Waals surface area contributed by atoms with Gasteiger partial charge in [0.1, 0.15) is 5.84 Å². The largest absolute Gasteiger partial charge is 0.481 e. The summed E-state index contributed by atoms with van der Waals surface area (Å²) >= 11 is 1.71. The second-order valence-electron chi connectivity index (χ2n) is 10.2. The minimum atomic E-state index is -0.817. The fourth-order valence-electron chi connectivity index (χ4n) is 5.57. The number of allylic oxidation sites excluding steroid dienone is 2. The Morgan fingerprint density at radius 3 is 2.78 bits per heavy atom. The quantitative estimate of drug-likeness (QED) is 0.401. The molecule has 4 aliphatic rings. The van der Waals surface area contributed by atoms with Crippen LogP contribution in [0.15, 0.2) is 53.0 Å². The molecule has 0 amide bonds. The predicted molar refractivity (Wildman–Crippen MR) is 143 cm³/mol. The minimum Gasteiger partial charge on any atom is -0.481 e. The van der Waals surface area contributed by atoms with E-state index in [2.05, 4.69) is 58.4 Å². The average molecular weight is 512 g/mol. The van der Waals surface area contributed by atoms with Crippen LogP contribution < -0.4 is 0 Å². The number of rotatable bonds is 9. The number of amidine groups is 1. The second kappa shape index (κ2) is 11.9. The maximum atomic E-state index is 10.6. The van der Waals surface area contributed by atoms with E-state index < -0.39 is 5.97 Å². The molecule has 0 radical (unpaired) electrons. The molecule has 0 bridgehead atoms. The van der Waals surface area contributed by atoms with E-state index in [-0.39, 0.29) is 18.6 Å². The van der Waals surface area contributed by atoms with Gasteiger partial charge < -0.3 is 24.4 Å². The highest BCUT2D eigenvalue weighted by atomic mass is 32.2. The molecule has 5 rings (SSSR count).